The summed E-state index contributed by atoms with van der Waals surface area (Å²) in [7, 11) is 2.16. The number of carbonyl (C=O) groups excluding carboxylic acids is 1. The lowest BCUT2D eigenvalue weighted by atomic mass is 10.0. The molecule has 1 aliphatic heterocycles. The molecule has 26 heavy (non-hydrogen) atoms. The zero-order valence-corrected chi connectivity index (χ0v) is 15.4. The monoisotopic (exact) mass is 346 g/mol. The fourth-order valence-electron chi connectivity index (χ4n) is 3.36. The Labute approximate surface area is 156 Å². The molecule has 3 rings (SSSR count). The molecule has 2 aromatic rings. The van der Waals surface area contributed by atoms with Gasteiger partial charge < -0.3 is 9.80 Å². The van der Waals surface area contributed by atoms with Crippen molar-refractivity contribution in [1.29, 1.82) is 0 Å². The smallest absolute Gasteiger partial charge is 0.298 e. The molecule has 3 heteroatoms. The Bertz CT molecular complexity index is 761. The van der Waals surface area contributed by atoms with Crippen LogP contribution >= 0.6 is 0 Å². The van der Waals surface area contributed by atoms with Crippen molar-refractivity contribution in [2.24, 2.45) is 0 Å². The van der Waals surface area contributed by atoms with E-state index in [0.29, 0.717) is 6.04 Å². The summed E-state index contributed by atoms with van der Waals surface area (Å²) in [6, 6.07) is 20.7. The summed E-state index contributed by atoms with van der Waals surface area (Å²) in [6.07, 6.45) is 3.22. The van der Waals surface area contributed by atoms with E-state index < -0.39 is 0 Å². The highest BCUT2D eigenvalue weighted by Gasteiger charge is 2.25. The first kappa shape index (κ1) is 18.2. The number of hydrogen-bond acceptors (Lipinski definition) is 2. The molecule has 0 aromatic heterocycles. The standard InChI is InChI=1S/C23H26N2O/c1-24(18-16-21-11-6-3-7-12-21)22-13-8-17-25(19-22)23(26)15-14-20-9-4-2-5-10-20/h2-7,9-12,22H,8,13,16-19H2,1H3. The first-order valence-corrected chi connectivity index (χ1v) is 9.32. The van der Waals surface area contributed by atoms with Crippen LogP contribution < -0.4 is 0 Å². The number of hydrogen-bond donors (Lipinski definition) is 0. The molecule has 1 fully saturated rings. The highest BCUT2D eigenvalue weighted by Crippen LogP contribution is 2.15. The van der Waals surface area contributed by atoms with Gasteiger partial charge in [-0.3, -0.25) is 4.79 Å². The lowest BCUT2D eigenvalue weighted by Crippen LogP contribution is -2.48. The van der Waals surface area contributed by atoms with Crippen LogP contribution in [0.4, 0.5) is 0 Å². The van der Waals surface area contributed by atoms with Gasteiger partial charge in [0.05, 0.1) is 0 Å². The van der Waals surface area contributed by atoms with E-state index in [0.717, 1.165) is 44.5 Å². The molecule has 0 bridgehead atoms. The molecule has 0 N–H and O–H groups in total. The Kier molecular flexibility index (Phi) is 6.46. The number of nitrogens with zero attached hydrogens (tertiary/aromatic N) is 2. The van der Waals surface area contributed by atoms with Crippen molar-refractivity contribution in [2.45, 2.75) is 25.3 Å². The van der Waals surface area contributed by atoms with E-state index in [1.807, 2.05) is 41.3 Å². The summed E-state index contributed by atoms with van der Waals surface area (Å²) in [5.41, 5.74) is 2.24. The third kappa shape index (κ3) is 5.21. The van der Waals surface area contributed by atoms with E-state index in [2.05, 4.69) is 48.1 Å². The number of piperidine rings is 1. The van der Waals surface area contributed by atoms with Crippen molar-refractivity contribution in [1.82, 2.24) is 9.80 Å². The average Bonchev–Trinajstić information content (AvgIpc) is 2.72. The first-order valence-electron chi connectivity index (χ1n) is 9.32. The zero-order chi connectivity index (χ0) is 18.2. The predicted molar refractivity (Wildman–Crippen MR) is 106 cm³/mol. The second kappa shape index (κ2) is 9.22. The molecule has 134 valence electrons. The summed E-state index contributed by atoms with van der Waals surface area (Å²) in [6.45, 7) is 2.59. The highest BCUT2D eigenvalue weighted by molar-refractivity contribution is 5.94. The molecule has 0 saturated carbocycles. The molecule has 1 atom stereocenters. The minimum Gasteiger partial charge on any atom is -0.330 e. The molecule has 3 nitrogen and oxygen atoms in total. The van der Waals surface area contributed by atoms with Crippen molar-refractivity contribution >= 4 is 5.91 Å². The quantitative estimate of drug-likeness (QED) is 0.794. The van der Waals surface area contributed by atoms with Crippen molar-refractivity contribution in [2.75, 3.05) is 26.7 Å². The molecular weight excluding hydrogens is 320 g/mol. The van der Waals surface area contributed by atoms with Crippen LogP contribution in [0.15, 0.2) is 60.7 Å². The van der Waals surface area contributed by atoms with Gasteiger partial charge in [0.25, 0.3) is 5.91 Å². The van der Waals surface area contributed by atoms with Crippen LogP contribution in [0, 0.1) is 11.8 Å². The van der Waals surface area contributed by atoms with E-state index in [-0.39, 0.29) is 5.91 Å². The van der Waals surface area contributed by atoms with Crippen LogP contribution in [0.3, 0.4) is 0 Å². The Morgan fingerprint density at radius 2 is 1.81 bits per heavy atom. The van der Waals surface area contributed by atoms with E-state index in [1.165, 1.54) is 5.56 Å². The molecule has 1 amide bonds. The van der Waals surface area contributed by atoms with Gasteiger partial charge in [0, 0.05) is 37.2 Å². The molecule has 1 heterocycles. The van der Waals surface area contributed by atoms with Gasteiger partial charge in [-0.15, -0.1) is 0 Å². The Morgan fingerprint density at radius 3 is 2.54 bits per heavy atom. The number of amides is 1. The largest absolute Gasteiger partial charge is 0.330 e. The second-order valence-electron chi connectivity index (χ2n) is 6.88. The van der Waals surface area contributed by atoms with Crippen LogP contribution in [0.25, 0.3) is 0 Å². The van der Waals surface area contributed by atoms with E-state index in [1.54, 1.807) is 0 Å². The predicted octanol–water partition coefficient (Wildman–Crippen LogP) is 3.20. The maximum absolute atomic E-state index is 12.5. The number of rotatable bonds is 4. The number of likely N-dealkylation sites (tertiary alicyclic amines) is 1. The fraction of sp³-hybridized carbons (Fsp3) is 0.348. The molecule has 0 spiro atoms. The lowest BCUT2D eigenvalue weighted by molar-refractivity contribution is -0.127. The van der Waals surface area contributed by atoms with Crippen LogP contribution in [0.1, 0.15) is 24.0 Å². The van der Waals surface area contributed by atoms with Gasteiger partial charge in [-0.2, -0.15) is 0 Å². The number of carbonyl (C=O) groups is 1. The van der Waals surface area contributed by atoms with Gasteiger partial charge in [-0.05, 0) is 44.0 Å². The van der Waals surface area contributed by atoms with Gasteiger partial charge in [0.2, 0.25) is 0 Å². The summed E-state index contributed by atoms with van der Waals surface area (Å²) in [5.74, 6) is 5.72. The van der Waals surface area contributed by atoms with E-state index in [4.69, 9.17) is 0 Å². The average molecular weight is 346 g/mol. The highest BCUT2D eigenvalue weighted by atomic mass is 16.2. The Balaban J connectivity index is 1.53. The lowest BCUT2D eigenvalue weighted by Gasteiger charge is -2.37. The van der Waals surface area contributed by atoms with Crippen molar-refractivity contribution in [3.63, 3.8) is 0 Å². The van der Waals surface area contributed by atoms with Gasteiger partial charge in [0.1, 0.15) is 0 Å². The van der Waals surface area contributed by atoms with Crippen molar-refractivity contribution < 1.29 is 4.79 Å². The first-order chi connectivity index (χ1) is 12.7. The molecule has 1 aliphatic rings. The topological polar surface area (TPSA) is 23.6 Å². The van der Waals surface area contributed by atoms with E-state index >= 15 is 0 Å². The molecule has 1 saturated heterocycles. The third-order valence-corrected chi connectivity index (χ3v) is 4.99. The summed E-state index contributed by atoms with van der Waals surface area (Å²) in [5, 5.41) is 0. The Morgan fingerprint density at radius 1 is 1.12 bits per heavy atom. The van der Waals surface area contributed by atoms with Crippen LogP contribution in [0.2, 0.25) is 0 Å². The minimum absolute atomic E-state index is 0.0602. The summed E-state index contributed by atoms with van der Waals surface area (Å²) < 4.78 is 0. The number of likely N-dealkylation sites (N-methyl/N-ethyl adjacent to an activating group) is 1. The Hall–Kier alpha value is -2.57. The van der Waals surface area contributed by atoms with Gasteiger partial charge >= 0.3 is 0 Å². The molecule has 2 aromatic carbocycles. The molecule has 1 unspecified atom stereocenters. The summed E-state index contributed by atoms with van der Waals surface area (Å²) in [4.78, 5) is 16.7. The van der Waals surface area contributed by atoms with Gasteiger partial charge in [-0.1, -0.05) is 54.5 Å². The zero-order valence-electron chi connectivity index (χ0n) is 15.4. The fourth-order valence-corrected chi connectivity index (χ4v) is 3.36. The molecular formula is C23H26N2O. The van der Waals surface area contributed by atoms with Crippen LogP contribution in [-0.2, 0) is 11.2 Å². The molecule has 0 radical (unpaired) electrons. The van der Waals surface area contributed by atoms with Gasteiger partial charge in [-0.25, -0.2) is 0 Å². The SMILES string of the molecule is CN(CCc1ccccc1)C1CCCN(C(=O)C#Cc2ccccc2)C1. The normalized spacial score (nSPS) is 16.8. The van der Waals surface area contributed by atoms with Crippen LogP contribution in [0.5, 0.6) is 0 Å². The number of benzene rings is 2. The van der Waals surface area contributed by atoms with Gasteiger partial charge in [0.15, 0.2) is 0 Å². The molecule has 0 aliphatic carbocycles. The second-order valence-corrected chi connectivity index (χ2v) is 6.88. The van der Waals surface area contributed by atoms with E-state index in [9.17, 15) is 4.79 Å². The van der Waals surface area contributed by atoms with Crippen molar-refractivity contribution in [3.05, 3.63) is 71.8 Å². The summed E-state index contributed by atoms with van der Waals surface area (Å²) >= 11 is 0. The van der Waals surface area contributed by atoms with Crippen molar-refractivity contribution in [3.8, 4) is 11.8 Å². The maximum atomic E-state index is 12.5. The third-order valence-electron chi connectivity index (χ3n) is 4.99. The van der Waals surface area contributed by atoms with Crippen LogP contribution in [-0.4, -0.2) is 48.4 Å². The maximum Gasteiger partial charge on any atom is 0.298 e. The minimum atomic E-state index is -0.0602.